The average Bonchev–Trinajstić information content (AvgIpc) is 2.73. The fourth-order valence-corrected chi connectivity index (χ4v) is 3.48. The summed E-state index contributed by atoms with van der Waals surface area (Å²) < 4.78 is 10.6. The molecule has 29 heavy (non-hydrogen) atoms. The number of hydrogen-bond acceptors (Lipinski definition) is 8. The molecular weight excluding hydrogens is 376 g/mol. The second kappa shape index (κ2) is 7.92. The molecule has 1 atom stereocenters. The number of carbonyl (C=O) groups is 2. The summed E-state index contributed by atoms with van der Waals surface area (Å²) in [5.74, 6) is -0.0953. The quantitative estimate of drug-likeness (QED) is 0.694. The first-order valence-corrected chi connectivity index (χ1v) is 9.30. The number of carbonyl (C=O) groups excluding carboxylic acids is 2. The molecule has 4 rings (SSSR count). The van der Waals surface area contributed by atoms with E-state index in [0.717, 1.165) is 0 Å². The minimum Gasteiger partial charge on any atom is -0.495 e. The normalized spacial score (nSPS) is 18.6. The van der Waals surface area contributed by atoms with Crippen LogP contribution in [0.4, 0.5) is 23.3 Å². The molecule has 3 heterocycles. The van der Waals surface area contributed by atoms with Crippen LogP contribution in [0, 0.1) is 0 Å². The highest BCUT2D eigenvalue weighted by atomic mass is 16.5. The highest BCUT2D eigenvalue weighted by molar-refractivity contribution is 6.06. The van der Waals surface area contributed by atoms with Gasteiger partial charge >= 0.3 is 0 Å². The van der Waals surface area contributed by atoms with Gasteiger partial charge in [0.25, 0.3) is 0 Å². The number of nitrogens with two attached hydrogens (primary N) is 1. The zero-order valence-corrected chi connectivity index (χ0v) is 16.0. The molecule has 4 N–H and O–H groups in total. The lowest BCUT2D eigenvalue weighted by Gasteiger charge is -2.30. The molecule has 0 aliphatic carbocycles. The third-order valence-corrected chi connectivity index (χ3v) is 4.93. The standard InChI is InChI=1S/C19H22N6O4/c1-28-13-5-3-2-4-12(13)21-18(27)11-10-14(26)22-17-15(11)16(20)23-19(24-17)25-6-8-29-9-7-25/h2-5,11H,6-10H2,1H3,(H,21,27)(H3,20,22,23,24,26)/t11-/m0/s1. The Morgan fingerprint density at radius 3 is 2.83 bits per heavy atom. The van der Waals surface area contributed by atoms with E-state index in [0.29, 0.717) is 49.3 Å². The lowest BCUT2D eigenvalue weighted by atomic mass is 9.92. The van der Waals surface area contributed by atoms with Crippen molar-refractivity contribution in [1.82, 2.24) is 9.97 Å². The van der Waals surface area contributed by atoms with Crippen LogP contribution in [0.1, 0.15) is 17.9 Å². The SMILES string of the molecule is COc1ccccc1NC(=O)[C@H]1CC(=O)Nc2nc(N3CCOCC3)nc(N)c21. The van der Waals surface area contributed by atoms with Crippen molar-refractivity contribution in [1.29, 1.82) is 0 Å². The third kappa shape index (κ3) is 3.79. The van der Waals surface area contributed by atoms with Crippen LogP contribution in [0.2, 0.25) is 0 Å². The number of nitrogens with zero attached hydrogens (tertiary/aromatic N) is 3. The van der Waals surface area contributed by atoms with E-state index in [9.17, 15) is 9.59 Å². The Morgan fingerprint density at radius 2 is 2.07 bits per heavy atom. The van der Waals surface area contributed by atoms with E-state index in [1.807, 2.05) is 4.90 Å². The fraction of sp³-hybridized carbons (Fsp3) is 0.368. The molecule has 2 amide bonds. The molecule has 1 fully saturated rings. The monoisotopic (exact) mass is 398 g/mol. The van der Waals surface area contributed by atoms with Crippen LogP contribution < -0.4 is 26.0 Å². The molecule has 10 nitrogen and oxygen atoms in total. The predicted octanol–water partition coefficient (Wildman–Crippen LogP) is 0.968. The van der Waals surface area contributed by atoms with Crippen molar-refractivity contribution in [3.63, 3.8) is 0 Å². The highest BCUT2D eigenvalue weighted by Crippen LogP contribution is 2.37. The van der Waals surface area contributed by atoms with Gasteiger partial charge in [-0.1, -0.05) is 12.1 Å². The zero-order valence-electron chi connectivity index (χ0n) is 16.0. The molecule has 2 aromatic rings. The van der Waals surface area contributed by atoms with Gasteiger partial charge < -0.3 is 30.7 Å². The summed E-state index contributed by atoms with van der Waals surface area (Å²) in [7, 11) is 1.52. The number of amides is 2. The van der Waals surface area contributed by atoms with Crippen molar-refractivity contribution in [2.24, 2.45) is 0 Å². The second-order valence-corrected chi connectivity index (χ2v) is 6.76. The number of fused-ring (bicyclic) bond motifs is 1. The molecule has 10 heteroatoms. The number of morpholine rings is 1. The minimum atomic E-state index is -0.803. The number of ether oxygens (including phenoxy) is 2. The summed E-state index contributed by atoms with van der Waals surface area (Å²) in [6, 6.07) is 7.05. The number of nitrogen functional groups attached to an aromatic ring is 1. The van der Waals surface area contributed by atoms with Crippen molar-refractivity contribution < 1.29 is 19.1 Å². The molecule has 0 saturated carbocycles. The molecule has 0 spiro atoms. The van der Waals surface area contributed by atoms with E-state index in [1.54, 1.807) is 24.3 Å². The molecule has 0 unspecified atom stereocenters. The van der Waals surface area contributed by atoms with Crippen LogP contribution in [-0.2, 0) is 14.3 Å². The van der Waals surface area contributed by atoms with E-state index in [2.05, 4.69) is 20.6 Å². The molecule has 2 aliphatic heterocycles. The number of benzene rings is 1. The van der Waals surface area contributed by atoms with E-state index >= 15 is 0 Å². The van der Waals surface area contributed by atoms with Gasteiger partial charge in [0, 0.05) is 19.5 Å². The molecule has 0 radical (unpaired) electrons. The van der Waals surface area contributed by atoms with Crippen molar-refractivity contribution >= 4 is 35.1 Å². The first-order valence-electron chi connectivity index (χ1n) is 9.30. The molecular formula is C19H22N6O4. The summed E-state index contributed by atoms with van der Waals surface area (Å²) in [5, 5.41) is 5.53. The Morgan fingerprint density at radius 1 is 1.31 bits per heavy atom. The highest BCUT2D eigenvalue weighted by Gasteiger charge is 2.35. The molecule has 152 valence electrons. The van der Waals surface area contributed by atoms with Crippen molar-refractivity contribution in [2.45, 2.75) is 12.3 Å². The Bertz CT molecular complexity index is 944. The van der Waals surface area contributed by atoms with Crippen LogP contribution in [0.15, 0.2) is 24.3 Å². The number of rotatable bonds is 4. The number of aromatic nitrogens is 2. The van der Waals surface area contributed by atoms with E-state index < -0.39 is 5.92 Å². The Labute approximate surface area is 167 Å². The first-order chi connectivity index (χ1) is 14.1. The molecule has 1 saturated heterocycles. The number of para-hydroxylation sites is 2. The van der Waals surface area contributed by atoms with Gasteiger partial charge in [-0.3, -0.25) is 9.59 Å². The van der Waals surface area contributed by atoms with E-state index in [1.165, 1.54) is 7.11 Å². The van der Waals surface area contributed by atoms with Crippen molar-refractivity contribution in [3.8, 4) is 5.75 Å². The zero-order chi connectivity index (χ0) is 20.4. The van der Waals surface area contributed by atoms with E-state index in [4.69, 9.17) is 15.2 Å². The third-order valence-electron chi connectivity index (χ3n) is 4.93. The molecule has 1 aromatic carbocycles. The van der Waals surface area contributed by atoms with Crippen LogP contribution in [0.25, 0.3) is 0 Å². The summed E-state index contributed by atoms with van der Waals surface area (Å²) in [6.07, 6.45) is -0.0432. The summed E-state index contributed by atoms with van der Waals surface area (Å²) in [5.41, 5.74) is 7.14. The second-order valence-electron chi connectivity index (χ2n) is 6.76. The van der Waals surface area contributed by atoms with Crippen LogP contribution in [0.5, 0.6) is 5.75 Å². The Kier molecular flexibility index (Phi) is 5.17. The number of hydrogen-bond donors (Lipinski definition) is 3. The van der Waals surface area contributed by atoms with Gasteiger partial charge in [0.05, 0.1) is 37.5 Å². The maximum Gasteiger partial charge on any atom is 0.232 e. The van der Waals surface area contributed by atoms with Gasteiger partial charge in [0.15, 0.2) is 0 Å². The van der Waals surface area contributed by atoms with Gasteiger partial charge in [-0.15, -0.1) is 0 Å². The van der Waals surface area contributed by atoms with Crippen molar-refractivity contribution in [2.75, 3.05) is 54.7 Å². The van der Waals surface area contributed by atoms with E-state index in [-0.39, 0.29) is 29.9 Å². The predicted molar refractivity (Wildman–Crippen MR) is 107 cm³/mol. The van der Waals surface area contributed by atoms with Crippen LogP contribution >= 0.6 is 0 Å². The molecule has 2 aliphatic rings. The van der Waals surface area contributed by atoms with Gasteiger partial charge in [0.1, 0.15) is 17.4 Å². The van der Waals surface area contributed by atoms with Gasteiger partial charge in [-0.2, -0.15) is 9.97 Å². The first kappa shape index (κ1) is 18.9. The lowest BCUT2D eigenvalue weighted by molar-refractivity contribution is -0.123. The lowest BCUT2D eigenvalue weighted by Crippen LogP contribution is -2.38. The van der Waals surface area contributed by atoms with Gasteiger partial charge in [-0.05, 0) is 12.1 Å². The maximum absolute atomic E-state index is 13.0. The van der Waals surface area contributed by atoms with Crippen LogP contribution in [0.3, 0.4) is 0 Å². The van der Waals surface area contributed by atoms with Crippen molar-refractivity contribution in [3.05, 3.63) is 29.8 Å². The number of anilines is 4. The fourth-order valence-electron chi connectivity index (χ4n) is 3.48. The number of nitrogens with one attached hydrogen (secondary N) is 2. The summed E-state index contributed by atoms with van der Waals surface area (Å²) in [6.45, 7) is 2.39. The number of methoxy groups -OCH3 is 1. The van der Waals surface area contributed by atoms with Gasteiger partial charge in [-0.25, -0.2) is 0 Å². The summed E-state index contributed by atoms with van der Waals surface area (Å²) in [4.78, 5) is 36.1. The molecule has 1 aromatic heterocycles. The minimum absolute atomic E-state index is 0.0432. The van der Waals surface area contributed by atoms with Crippen LogP contribution in [-0.4, -0.2) is 55.2 Å². The Balaban J connectivity index is 1.64. The Hall–Kier alpha value is -3.40. The largest absolute Gasteiger partial charge is 0.495 e. The topological polar surface area (TPSA) is 132 Å². The smallest absolute Gasteiger partial charge is 0.232 e. The van der Waals surface area contributed by atoms with Gasteiger partial charge in [0.2, 0.25) is 17.8 Å². The molecule has 0 bridgehead atoms. The summed E-state index contributed by atoms with van der Waals surface area (Å²) >= 11 is 0. The maximum atomic E-state index is 13.0. The average molecular weight is 398 g/mol.